The van der Waals surface area contributed by atoms with Gasteiger partial charge in [0.2, 0.25) is 0 Å². The Bertz CT molecular complexity index is 497. The molecule has 2 rings (SSSR count). The van der Waals surface area contributed by atoms with E-state index in [0.29, 0.717) is 17.9 Å². The van der Waals surface area contributed by atoms with Crippen molar-refractivity contribution >= 4 is 0 Å². The third-order valence-electron chi connectivity index (χ3n) is 2.12. The van der Waals surface area contributed by atoms with Crippen LogP contribution in [0.1, 0.15) is 5.56 Å². The molecule has 1 aromatic carbocycles. The first-order valence-electron chi connectivity index (χ1n) is 4.67. The smallest absolute Gasteiger partial charge is 0.159 e. The van der Waals surface area contributed by atoms with Crippen molar-refractivity contribution in [2.45, 2.75) is 6.54 Å². The Kier molecular flexibility index (Phi) is 2.87. The van der Waals surface area contributed by atoms with Gasteiger partial charge in [0.15, 0.2) is 17.5 Å². The van der Waals surface area contributed by atoms with Crippen LogP contribution in [0.25, 0.3) is 11.4 Å². The van der Waals surface area contributed by atoms with Crippen LogP contribution in [0.3, 0.4) is 0 Å². The molecule has 2 aromatic rings. The Balaban J connectivity index is 2.38. The maximum Gasteiger partial charge on any atom is 0.159 e. The van der Waals surface area contributed by atoms with Gasteiger partial charge in [-0.2, -0.15) is 0 Å². The second kappa shape index (κ2) is 4.32. The first-order valence-corrected chi connectivity index (χ1v) is 4.67. The SMILES string of the molecule is NCc1cnc(-c2ccc(F)c(F)c2)nc1. The summed E-state index contributed by atoms with van der Waals surface area (Å²) in [5, 5.41) is 0. The van der Waals surface area contributed by atoms with E-state index in [4.69, 9.17) is 5.73 Å². The van der Waals surface area contributed by atoms with Crippen molar-refractivity contribution in [2.75, 3.05) is 0 Å². The summed E-state index contributed by atoms with van der Waals surface area (Å²) in [6.45, 7) is 0.345. The van der Waals surface area contributed by atoms with E-state index in [-0.39, 0.29) is 0 Å². The molecule has 0 bridgehead atoms. The predicted molar refractivity (Wildman–Crippen MR) is 55.3 cm³/mol. The molecular formula is C11H9F2N3. The van der Waals surface area contributed by atoms with Gasteiger partial charge in [-0.25, -0.2) is 18.7 Å². The number of benzene rings is 1. The summed E-state index contributed by atoms with van der Waals surface area (Å²) in [7, 11) is 0. The number of nitrogens with zero attached hydrogens (tertiary/aromatic N) is 2. The Morgan fingerprint density at radius 2 is 1.75 bits per heavy atom. The lowest BCUT2D eigenvalue weighted by Gasteiger charge is -2.01. The van der Waals surface area contributed by atoms with E-state index < -0.39 is 11.6 Å². The first kappa shape index (κ1) is 10.6. The fourth-order valence-corrected chi connectivity index (χ4v) is 1.24. The Morgan fingerprint density at radius 1 is 1.06 bits per heavy atom. The molecule has 0 fully saturated rings. The highest BCUT2D eigenvalue weighted by Gasteiger charge is 2.06. The van der Waals surface area contributed by atoms with Crippen LogP contribution in [0, 0.1) is 11.6 Å². The van der Waals surface area contributed by atoms with E-state index in [0.717, 1.165) is 17.7 Å². The van der Waals surface area contributed by atoms with Crippen molar-refractivity contribution in [2.24, 2.45) is 5.73 Å². The second-order valence-electron chi connectivity index (χ2n) is 3.25. The molecule has 0 spiro atoms. The fraction of sp³-hybridized carbons (Fsp3) is 0.0909. The standard InChI is InChI=1S/C11H9F2N3/c12-9-2-1-8(3-10(9)13)11-15-5-7(4-14)6-16-11/h1-3,5-6H,4,14H2. The summed E-state index contributed by atoms with van der Waals surface area (Å²) in [4.78, 5) is 8.02. The molecule has 0 amide bonds. The minimum atomic E-state index is -0.913. The molecule has 1 heterocycles. The summed E-state index contributed by atoms with van der Waals surface area (Å²) in [6.07, 6.45) is 3.12. The Hall–Kier alpha value is -1.88. The maximum atomic E-state index is 13.0. The average Bonchev–Trinajstić information content (AvgIpc) is 2.33. The van der Waals surface area contributed by atoms with Gasteiger partial charge in [0.1, 0.15) is 0 Å². The molecule has 3 nitrogen and oxygen atoms in total. The molecule has 0 atom stereocenters. The molecule has 0 saturated heterocycles. The van der Waals surface area contributed by atoms with E-state index in [9.17, 15) is 8.78 Å². The first-order chi connectivity index (χ1) is 7.70. The van der Waals surface area contributed by atoms with Crippen molar-refractivity contribution in [3.63, 3.8) is 0 Å². The van der Waals surface area contributed by atoms with Crippen molar-refractivity contribution in [3.8, 4) is 11.4 Å². The lowest BCUT2D eigenvalue weighted by Crippen LogP contribution is -1.99. The number of hydrogen-bond donors (Lipinski definition) is 1. The van der Waals surface area contributed by atoms with Crippen LogP contribution >= 0.6 is 0 Å². The molecule has 82 valence electrons. The predicted octanol–water partition coefficient (Wildman–Crippen LogP) is 1.88. The highest BCUT2D eigenvalue weighted by atomic mass is 19.2. The normalized spacial score (nSPS) is 10.4. The average molecular weight is 221 g/mol. The van der Waals surface area contributed by atoms with E-state index in [2.05, 4.69) is 9.97 Å². The minimum Gasteiger partial charge on any atom is -0.326 e. The minimum absolute atomic E-state index is 0.344. The van der Waals surface area contributed by atoms with Crippen molar-refractivity contribution in [1.82, 2.24) is 9.97 Å². The summed E-state index contributed by atoms with van der Waals surface area (Å²) in [6, 6.07) is 3.54. The van der Waals surface area contributed by atoms with Crippen molar-refractivity contribution < 1.29 is 8.78 Å². The summed E-state index contributed by atoms with van der Waals surface area (Å²) < 4.78 is 25.7. The van der Waals surface area contributed by atoms with E-state index in [1.54, 1.807) is 12.4 Å². The number of hydrogen-bond acceptors (Lipinski definition) is 3. The lowest BCUT2D eigenvalue weighted by molar-refractivity contribution is 0.509. The van der Waals surface area contributed by atoms with E-state index >= 15 is 0 Å². The summed E-state index contributed by atoms with van der Waals surface area (Å²) >= 11 is 0. The quantitative estimate of drug-likeness (QED) is 0.842. The van der Waals surface area contributed by atoms with Crippen LogP contribution in [-0.4, -0.2) is 9.97 Å². The molecular weight excluding hydrogens is 212 g/mol. The summed E-state index contributed by atoms with van der Waals surface area (Å²) in [5.74, 6) is -1.46. The van der Waals surface area contributed by atoms with Crippen molar-refractivity contribution in [1.29, 1.82) is 0 Å². The molecule has 0 saturated carbocycles. The number of rotatable bonds is 2. The zero-order chi connectivity index (χ0) is 11.5. The van der Waals surface area contributed by atoms with Gasteiger partial charge in [-0.15, -0.1) is 0 Å². The van der Waals surface area contributed by atoms with E-state index in [1.807, 2.05) is 0 Å². The van der Waals surface area contributed by atoms with Gasteiger partial charge in [0, 0.05) is 30.1 Å². The third kappa shape index (κ3) is 2.04. The van der Waals surface area contributed by atoms with Crippen LogP contribution in [0.4, 0.5) is 8.78 Å². The zero-order valence-corrected chi connectivity index (χ0v) is 8.32. The van der Waals surface area contributed by atoms with Gasteiger partial charge in [-0.05, 0) is 18.2 Å². The van der Waals surface area contributed by atoms with Gasteiger partial charge >= 0.3 is 0 Å². The number of aromatic nitrogens is 2. The van der Waals surface area contributed by atoms with Crippen LogP contribution in [0.2, 0.25) is 0 Å². The van der Waals surface area contributed by atoms with Gasteiger partial charge < -0.3 is 5.73 Å². The van der Waals surface area contributed by atoms with Gasteiger partial charge in [0.05, 0.1) is 0 Å². The Morgan fingerprint density at radius 3 is 2.31 bits per heavy atom. The monoisotopic (exact) mass is 221 g/mol. The van der Waals surface area contributed by atoms with Gasteiger partial charge in [0.25, 0.3) is 0 Å². The molecule has 5 heteroatoms. The number of nitrogens with two attached hydrogens (primary N) is 1. The molecule has 16 heavy (non-hydrogen) atoms. The molecule has 2 N–H and O–H groups in total. The molecule has 0 unspecified atom stereocenters. The maximum absolute atomic E-state index is 13.0. The highest BCUT2D eigenvalue weighted by Crippen LogP contribution is 2.17. The highest BCUT2D eigenvalue weighted by molar-refractivity contribution is 5.54. The lowest BCUT2D eigenvalue weighted by atomic mass is 10.2. The molecule has 0 aliphatic rings. The molecule has 0 aliphatic carbocycles. The second-order valence-corrected chi connectivity index (χ2v) is 3.25. The fourth-order valence-electron chi connectivity index (χ4n) is 1.24. The van der Waals surface area contributed by atoms with Crippen LogP contribution < -0.4 is 5.73 Å². The molecule has 0 aliphatic heterocycles. The van der Waals surface area contributed by atoms with E-state index in [1.165, 1.54) is 6.07 Å². The van der Waals surface area contributed by atoms with Gasteiger partial charge in [-0.1, -0.05) is 0 Å². The zero-order valence-electron chi connectivity index (χ0n) is 8.32. The molecule has 1 aromatic heterocycles. The molecule has 0 radical (unpaired) electrons. The largest absolute Gasteiger partial charge is 0.326 e. The summed E-state index contributed by atoms with van der Waals surface area (Å²) in [5.41, 5.74) is 6.61. The van der Waals surface area contributed by atoms with Crippen molar-refractivity contribution in [3.05, 3.63) is 47.8 Å². The van der Waals surface area contributed by atoms with Gasteiger partial charge in [-0.3, -0.25) is 0 Å². The third-order valence-corrected chi connectivity index (χ3v) is 2.12. The topological polar surface area (TPSA) is 51.8 Å². The Labute approximate surface area is 91.0 Å². The van der Waals surface area contributed by atoms with Crippen LogP contribution in [-0.2, 0) is 6.54 Å². The van der Waals surface area contributed by atoms with Crippen LogP contribution in [0.5, 0.6) is 0 Å². The van der Waals surface area contributed by atoms with Crippen LogP contribution in [0.15, 0.2) is 30.6 Å². The number of halogens is 2.